The Hall–Kier alpha value is -2.31. The molecule has 0 saturated heterocycles. The first-order valence-electron chi connectivity index (χ1n) is 5.72. The van der Waals surface area contributed by atoms with Gasteiger partial charge in [-0.2, -0.15) is 0 Å². The molecule has 0 atom stereocenters. The summed E-state index contributed by atoms with van der Waals surface area (Å²) in [6, 6.07) is 14.5. The number of para-hydroxylation sites is 1. The van der Waals surface area contributed by atoms with Gasteiger partial charge in [-0.25, -0.2) is 4.98 Å². The van der Waals surface area contributed by atoms with Crippen LogP contribution in [0.5, 0.6) is 5.75 Å². The van der Waals surface area contributed by atoms with E-state index in [4.69, 9.17) is 19.1 Å². The summed E-state index contributed by atoms with van der Waals surface area (Å²) in [6.45, 7) is 0. The molecule has 0 saturated carbocycles. The zero-order chi connectivity index (χ0) is 13.2. The molecule has 5 nitrogen and oxygen atoms in total. The summed E-state index contributed by atoms with van der Waals surface area (Å²) in [5, 5.41) is 17.7. The molecule has 0 aliphatic heterocycles. The van der Waals surface area contributed by atoms with Gasteiger partial charge in [-0.05, 0) is 24.3 Å². The molecule has 0 radical (unpaired) electrons. The van der Waals surface area contributed by atoms with Crippen molar-refractivity contribution in [3.63, 3.8) is 0 Å². The molecule has 0 bridgehead atoms. The Kier molecular flexibility index (Phi) is 2.95. The summed E-state index contributed by atoms with van der Waals surface area (Å²) in [6.07, 6.45) is 0. The minimum atomic E-state index is -1.89. The highest BCUT2D eigenvalue weighted by atomic mass is 16.6. The molecule has 0 amide bonds. The molecule has 0 unspecified atom stereocenters. The van der Waals surface area contributed by atoms with Gasteiger partial charge in [0.15, 0.2) is 5.58 Å². The third kappa shape index (κ3) is 2.31. The highest BCUT2D eigenvalue weighted by Gasteiger charge is 2.17. The molecule has 1 heterocycles. The van der Waals surface area contributed by atoms with Gasteiger partial charge in [0.25, 0.3) is 0 Å². The number of benzene rings is 2. The summed E-state index contributed by atoms with van der Waals surface area (Å²) in [4.78, 5) is 4.34. The first-order valence-corrected chi connectivity index (χ1v) is 5.72. The monoisotopic (exact) mass is 255 g/mol. The second-order valence-electron chi connectivity index (χ2n) is 3.93. The average Bonchev–Trinajstić information content (AvgIpc) is 2.84. The van der Waals surface area contributed by atoms with Crippen molar-refractivity contribution in [2.24, 2.45) is 0 Å². The zero-order valence-corrected chi connectivity index (χ0v) is 9.85. The van der Waals surface area contributed by atoms with E-state index < -0.39 is 7.32 Å². The van der Waals surface area contributed by atoms with Crippen LogP contribution >= 0.6 is 0 Å². The van der Waals surface area contributed by atoms with Gasteiger partial charge >= 0.3 is 7.32 Å². The van der Waals surface area contributed by atoms with Crippen molar-refractivity contribution in [3.05, 3.63) is 48.5 Å². The fourth-order valence-electron chi connectivity index (χ4n) is 1.83. The lowest BCUT2D eigenvalue weighted by atomic mass is 10.2. The van der Waals surface area contributed by atoms with E-state index >= 15 is 0 Å². The molecule has 19 heavy (non-hydrogen) atoms. The number of nitrogens with zero attached hydrogens (tertiary/aromatic N) is 1. The minimum Gasteiger partial charge on any atom is -0.509 e. The number of aromatic nitrogens is 1. The number of rotatable bonds is 3. The maximum atomic E-state index is 8.86. The molecular formula is C13H10BNO4. The zero-order valence-electron chi connectivity index (χ0n) is 9.85. The predicted octanol–water partition coefficient (Wildman–Crippen LogP) is 1.84. The number of hydrogen-bond acceptors (Lipinski definition) is 5. The van der Waals surface area contributed by atoms with Gasteiger partial charge in [0.1, 0.15) is 11.3 Å². The molecule has 0 fully saturated rings. The number of hydrogen-bond donors (Lipinski definition) is 2. The second kappa shape index (κ2) is 4.76. The molecule has 1 aromatic heterocycles. The summed E-state index contributed by atoms with van der Waals surface area (Å²) in [7, 11) is -1.89. The second-order valence-corrected chi connectivity index (χ2v) is 3.93. The molecular weight excluding hydrogens is 245 g/mol. The molecule has 2 aromatic carbocycles. The van der Waals surface area contributed by atoms with Crippen molar-refractivity contribution in [1.82, 2.24) is 4.98 Å². The Labute approximate surface area is 109 Å². The fourth-order valence-corrected chi connectivity index (χ4v) is 1.83. The van der Waals surface area contributed by atoms with E-state index in [0.717, 1.165) is 5.56 Å². The van der Waals surface area contributed by atoms with Crippen LogP contribution in [0.15, 0.2) is 52.9 Å². The summed E-state index contributed by atoms with van der Waals surface area (Å²) in [5.41, 5.74) is 1.82. The maximum absolute atomic E-state index is 8.86. The number of oxazole rings is 1. The van der Waals surface area contributed by atoms with Crippen LogP contribution in [0.25, 0.3) is 22.6 Å². The Balaban J connectivity index is 2.11. The summed E-state index contributed by atoms with van der Waals surface area (Å²) >= 11 is 0. The standard InChI is InChI=1S/C13H10BNO4/c16-14(17)19-11-8-4-7-10-12(11)18-13(15-10)9-5-2-1-3-6-9/h1-8,16-17H. The van der Waals surface area contributed by atoms with Crippen molar-refractivity contribution in [3.8, 4) is 17.2 Å². The van der Waals surface area contributed by atoms with E-state index in [2.05, 4.69) is 4.98 Å². The van der Waals surface area contributed by atoms with E-state index in [9.17, 15) is 0 Å². The normalized spacial score (nSPS) is 10.6. The van der Waals surface area contributed by atoms with Crippen LogP contribution in [0.1, 0.15) is 0 Å². The van der Waals surface area contributed by atoms with Gasteiger partial charge in [-0.15, -0.1) is 0 Å². The first kappa shape index (κ1) is 11.8. The van der Waals surface area contributed by atoms with Gasteiger partial charge < -0.3 is 19.1 Å². The summed E-state index contributed by atoms with van der Waals surface area (Å²) in [5.74, 6) is 0.696. The lowest BCUT2D eigenvalue weighted by Gasteiger charge is -2.03. The van der Waals surface area contributed by atoms with E-state index in [-0.39, 0.29) is 5.75 Å². The van der Waals surface area contributed by atoms with E-state index in [1.54, 1.807) is 18.2 Å². The predicted molar refractivity (Wildman–Crippen MR) is 70.3 cm³/mol. The largest absolute Gasteiger partial charge is 0.707 e. The Morgan fingerprint density at radius 1 is 1.00 bits per heavy atom. The van der Waals surface area contributed by atoms with Gasteiger partial charge in [0.2, 0.25) is 5.89 Å². The molecule has 0 aliphatic rings. The quantitative estimate of drug-likeness (QED) is 0.698. The van der Waals surface area contributed by atoms with Gasteiger partial charge in [0, 0.05) is 5.56 Å². The molecule has 3 aromatic rings. The summed E-state index contributed by atoms with van der Waals surface area (Å²) < 4.78 is 10.5. The molecule has 0 aliphatic carbocycles. The van der Waals surface area contributed by atoms with Crippen LogP contribution in [0.4, 0.5) is 0 Å². The van der Waals surface area contributed by atoms with E-state index in [1.807, 2.05) is 30.3 Å². The van der Waals surface area contributed by atoms with Gasteiger partial charge in [-0.3, -0.25) is 0 Å². The highest BCUT2D eigenvalue weighted by molar-refractivity contribution is 6.34. The minimum absolute atomic E-state index is 0.238. The smallest absolute Gasteiger partial charge is 0.509 e. The van der Waals surface area contributed by atoms with Crippen LogP contribution in [0.2, 0.25) is 0 Å². The topological polar surface area (TPSA) is 75.7 Å². The molecule has 3 rings (SSSR count). The van der Waals surface area contributed by atoms with Crippen LogP contribution in [0.3, 0.4) is 0 Å². The molecule has 6 heteroatoms. The van der Waals surface area contributed by atoms with Crippen LogP contribution in [0, 0.1) is 0 Å². The fraction of sp³-hybridized carbons (Fsp3) is 0. The Morgan fingerprint density at radius 3 is 2.53 bits per heavy atom. The SMILES string of the molecule is OB(O)Oc1cccc2nc(-c3ccccc3)oc12. The molecule has 2 N–H and O–H groups in total. The van der Waals surface area contributed by atoms with Crippen LogP contribution < -0.4 is 4.65 Å². The lowest BCUT2D eigenvalue weighted by Crippen LogP contribution is -2.20. The lowest BCUT2D eigenvalue weighted by molar-refractivity contribution is 0.288. The Bertz CT molecular complexity index is 696. The van der Waals surface area contributed by atoms with Crippen molar-refractivity contribution in [2.45, 2.75) is 0 Å². The van der Waals surface area contributed by atoms with Crippen molar-refractivity contribution in [1.29, 1.82) is 0 Å². The average molecular weight is 255 g/mol. The van der Waals surface area contributed by atoms with Gasteiger partial charge in [0.05, 0.1) is 0 Å². The van der Waals surface area contributed by atoms with E-state index in [1.165, 1.54) is 0 Å². The van der Waals surface area contributed by atoms with Crippen LogP contribution in [-0.2, 0) is 0 Å². The van der Waals surface area contributed by atoms with Crippen molar-refractivity contribution < 1.29 is 19.1 Å². The third-order valence-electron chi connectivity index (χ3n) is 2.63. The maximum Gasteiger partial charge on any atom is 0.707 e. The number of fused-ring (bicyclic) bond motifs is 1. The molecule has 0 spiro atoms. The van der Waals surface area contributed by atoms with Crippen molar-refractivity contribution >= 4 is 18.4 Å². The third-order valence-corrected chi connectivity index (χ3v) is 2.63. The first-order chi connectivity index (χ1) is 9.24. The Morgan fingerprint density at radius 2 is 1.79 bits per heavy atom. The van der Waals surface area contributed by atoms with E-state index in [0.29, 0.717) is 17.0 Å². The van der Waals surface area contributed by atoms with Crippen LogP contribution in [-0.4, -0.2) is 22.4 Å². The van der Waals surface area contributed by atoms with Crippen molar-refractivity contribution in [2.75, 3.05) is 0 Å². The highest BCUT2D eigenvalue weighted by Crippen LogP contribution is 2.30. The molecule has 94 valence electrons. The van der Waals surface area contributed by atoms with Gasteiger partial charge in [-0.1, -0.05) is 24.3 Å².